The van der Waals surface area contributed by atoms with Gasteiger partial charge in [-0.3, -0.25) is 0 Å². The van der Waals surface area contributed by atoms with Gasteiger partial charge in [-0.25, -0.2) is 0 Å². The number of aliphatic hydroxyl groups is 1. The first-order valence-electron chi connectivity index (χ1n) is 5.38. The molecule has 0 aliphatic carbocycles. The molecule has 84 valence electrons. The molecular weight excluding hydrogens is 204 g/mol. The van der Waals surface area contributed by atoms with Crippen molar-refractivity contribution in [3.05, 3.63) is 34.9 Å². The summed E-state index contributed by atoms with van der Waals surface area (Å²) in [6, 6.07) is 6.12. The third-order valence-electron chi connectivity index (χ3n) is 2.59. The third kappa shape index (κ3) is 3.54. The number of hydrogen-bond donors (Lipinski definition) is 1. The summed E-state index contributed by atoms with van der Waals surface area (Å²) in [6.07, 6.45) is -0.336. The van der Waals surface area contributed by atoms with Gasteiger partial charge in [0.05, 0.1) is 6.10 Å². The molecule has 0 aromatic heterocycles. The zero-order valence-corrected chi connectivity index (χ0v) is 10.8. The van der Waals surface area contributed by atoms with Gasteiger partial charge in [-0.2, -0.15) is 11.8 Å². The van der Waals surface area contributed by atoms with E-state index in [-0.39, 0.29) is 6.10 Å². The van der Waals surface area contributed by atoms with Crippen LogP contribution < -0.4 is 0 Å². The van der Waals surface area contributed by atoms with E-state index < -0.39 is 0 Å². The molecule has 1 N–H and O–H groups in total. The smallest absolute Gasteiger partial charge is 0.0883 e. The quantitative estimate of drug-likeness (QED) is 0.845. The predicted octanol–water partition coefficient (Wildman–Crippen LogP) is 3.48. The highest BCUT2D eigenvalue weighted by Crippen LogP contribution is 2.24. The lowest BCUT2D eigenvalue weighted by Gasteiger charge is -2.16. The molecule has 2 heteroatoms. The molecule has 0 heterocycles. The van der Waals surface area contributed by atoms with Gasteiger partial charge in [0.1, 0.15) is 0 Å². The molecule has 1 rings (SSSR count). The van der Waals surface area contributed by atoms with Gasteiger partial charge in [0, 0.05) is 5.75 Å². The van der Waals surface area contributed by atoms with Gasteiger partial charge in [-0.05, 0) is 35.8 Å². The van der Waals surface area contributed by atoms with E-state index in [1.54, 1.807) is 11.8 Å². The molecule has 1 aromatic rings. The van der Waals surface area contributed by atoms with Gasteiger partial charge in [0.2, 0.25) is 0 Å². The minimum Gasteiger partial charge on any atom is -0.388 e. The van der Waals surface area contributed by atoms with Crippen LogP contribution in [0.5, 0.6) is 0 Å². The highest BCUT2D eigenvalue weighted by Gasteiger charge is 2.11. The van der Waals surface area contributed by atoms with Crippen molar-refractivity contribution >= 4 is 11.8 Å². The Morgan fingerprint density at radius 1 is 1.27 bits per heavy atom. The highest BCUT2D eigenvalue weighted by atomic mass is 32.2. The number of hydrogen-bond acceptors (Lipinski definition) is 2. The van der Waals surface area contributed by atoms with Crippen LogP contribution in [0.25, 0.3) is 0 Å². The zero-order valence-electron chi connectivity index (χ0n) is 9.95. The molecule has 0 aliphatic heterocycles. The Balaban J connectivity index is 2.73. The first-order valence-corrected chi connectivity index (χ1v) is 6.43. The highest BCUT2D eigenvalue weighted by molar-refractivity contribution is 7.99. The van der Waals surface area contributed by atoms with Crippen molar-refractivity contribution in [1.29, 1.82) is 0 Å². The minimum atomic E-state index is -0.336. The molecule has 0 saturated heterocycles. The number of benzene rings is 1. The number of aryl methyl sites for hydroxylation is 1. The van der Waals surface area contributed by atoms with Crippen LogP contribution in [0.15, 0.2) is 18.2 Å². The van der Waals surface area contributed by atoms with Crippen molar-refractivity contribution in [3.63, 3.8) is 0 Å². The molecule has 0 radical (unpaired) electrons. The predicted molar refractivity (Wildman–Crippen MR) is 68.5 cm³/mol. The van der Waals surface area contributed by atoms with Crippen LogP contribution in [0.3, 0.4) is 0 Å². The lowest BCUT2D eigenvalue weighted by atomic mass is 10.0. The second kappa shape index (κ2) is 5.57. The fourth-order valence-corrected chi connectivity index (χ4v) is 2.25. The molecule has 0 fully saturated rings. The average Bonchev–Trinajstić information content (AvgIpc) is 2.18. The molecular formula is C13H20OS. The van der Waals surface area contributed by atoms with Crippen LogP contribution in [0.4, 0.5) is 0 Å². The molecule has 1 atom stereocenters. The van der Waals surface area contributed by atoms with E-state index in [0.717, 1.165) is 11.3 Å². The summed E-state index contributed by atoms with van der Waals surface area (Å²) in [4.78, 5) is 0. The Kier molecular flexibility index (Phi) is 4.68. The number of rotatable bonds is 4. The maximum absolute atomic E-state index is 10.1. The second-order valence-corrected chi connectivity index (χ2v) is 5.80. The van der Waals surface area contributed by atoms with Crippen LogP contribution in [0.1, 0.15) is 36.6 Å². The van der Waals surface area contributed by atoms with E-state index in [2.05, 4.69) is 33.8 Å². The van der Waals surface area contributed by atoms with E-state index in [0.29, 0.717) is 5.25 Å². The van der Waals surface area contributed by atoms with E-state index in [9.17, 15) is 5.11 Å². The van der Waals surface area contributed by atoms with Crippen LogP contribution in [0, 0.1) is 13.8 Å². The summed E-state index contributed by atoms with van der Waals surface area (Å²) in [6.45, 7) is 8.47. The number of aliphatic hydroxyl groups excluding tert-OH is 1. The summed E-state index contributed by atoms with van der Waals surface area (Å²) >= 11 is 1.80. The molecule has 0 aliphatic rings. The summed E-state index contributed by atoms with van der Waals surface area (Å²) in [5.74, 6) is 0.780. The lowest BCUT2D eigenvalue weighted by Crippen LogP contribution is -2.05. The molecule has 0 spiro atoms. The standard InChI is InChI=1S/C13H20OS/c1-9(2)15-8-13(14)12-7-5-6-10(3)11(12)4/h5-7,9,13-14H,8H2,1-4H3. The molecule has 0 saturated carbocycles. The van der Waals surface area contributed by atoms with Gasteiger partial charge in [-0.1, -0.05) is 32.0 Å². The monoisotopic (exact) mass is 224 g/mol. The van der Waals surface area contributed by atoms with Gasteiger partial charge in [0.25, 0.3) is 0 Å². The summed E-state index contributed by atoms with van der Waals surface area (Å²) in [5.41, 5.74) is 3.54. The van der Waals surface area contributed by atoms with Gasteiger partial charge in [-0.15, -0.1) is 0 Å². The maximum Gasteiger partial charge on any atom is 0.0883 e. The van der Waals surface area contributed by atoms with E-state index in [1.165, 1.54) is 11.1 Å². The van der Waals surface area contributed by atoms with Gasteiger partial charge in [0.15, 0.2) is 0 Å². The van der Waals surface area contributed by atoms with E-state index in [1.807, 2.05) is 12.1 Å². The van der Waals surface area contributed by atoms with E-state index in [4.69, 9.17) is 0 Å². The van der Waals surface area contributed by atoms with Crippen LogP contribution in [-0.2, 0) is 0 Å². The SMILES string of the molecule is Cc1cccc(C(O)CSC(C)C)c1C. The van der Waals surface area contributed by atoms with Crippen molar-refractivity contribution in [2.75, 3.05) is 5.75 Å². The third-order valence-corrected chi connectivity index (χ3v) is 3.77. The van der Waals surface area contributed by atoms with Crippen molar-refractivity contribution in [2.45, 2.75) is 39.0 Å². The van der Waals surface area contributed by atoms with Crippen LogP contribution in [0.2, 0.25) is 0 Å². The first-order chi connectivity index (χ1) is 7.02. The van der Waals surface area contributed by atoms with Gasteiger partial charge >= 0.3 is 0 Å². The summed E-state index contributed by atoms with van der Waals surface area (Å²) < 4.78 is 0. The first kappa shape index (κ1) is 12.6. The average molecular weight is 224 g/mol. The van der Waals surface area contributed by atoms with Crippen LogP contribution in [-0.4, -0.2) is 16.1 Å². The van der Waals surface area contributed by atoms with Gasteiger partial charge < -0.3 is 5.11 Å². The van der Waals surface area contributed by atoms with E-state index >= 15 is 0 Å². The molecule has 15 heavy (non-hydrogen) atoms. The molecule has 1 nitrogen and oxygen atoms in total. The van der Waals surface area contributed by atoms with Crippen molar-refractivity contribution in [1.82, 2.24) is 0 Å². The van der Waals surface area contributed by atoms with Crippen molar-refractivity contribution < 1.29 is 5.11 Å². The Hall–Kier alpha value is -0.470. The Morgan fingerprint density at radius 2 is 1.93 bits per heavy atom. The normalized spacial score (nSPS) is 13.2. The largest absolute Gasteiger partial charge is 0.388 e. The van der Waals surface area contributed by atoms with Crippen LogP contribution >= 0.6 is 11.8 Å². The Bertz CT molecular complexity index is 320. The topological polar surface area (TPSA) is 20.2 Å². The lowest BCUT2D eigenvalue weighted by molar-refractivity contribution is 0.203. The van der Waals surface area contributed by atoms with Crippen molar-refractivity contribution in [3.8, 4) is 0 Å². The maximum atomic E-state index is 10.1. The molecule has 0 bridgehead atoms. The fraction of sp³-hybridized carbons (Fsp3) is 0.538. The Morgan fingerprint density at radius 3 is 2.53 bits per heavy atom. The van der Waals surface area contributed by atoms with Crippen molar-refractivity contribution in [2.24, 2.45) is 0 Å². The second-order valence-electron chi connectivity index (χ2n) is 4.19. The zero-order chi connectivity index (χ0) is 11.4. The summed E-state index contributed by atoms with van der Waals surface area (Å²) in [7, 11) is 0. The number of thioether (sulfide) groups is 1. The fourth-order valence-electron chi connectivity index (χ4n) is 1.51. The Labute approximate surface area is 96.9 Å². The molecule has 1 aromatic carbocycles. The molecule has 0 amide bonds. The minimum absolute atomic E-state index is 0.336. The summed E-state index contributed by atoms with van der Waals surface area (Å²) in [5, 5.41) is 10.6. The molecule has 1 unspecified atom stereocenters.